The van der Waals surface area contributed by atoms with Gasteiger partial charge < -0.3 is 14.8 Å². The molecule has 0 saturated heterocycles. The van der Waals surface area contributed by atoms with Crippen LogP contribution in [0.3, 0.4) is 0 Å². The minimum atomic E-state index is 0.731. The van der Waals surface area contributed by atoms with E-state index in [4.69, 9.17) is 9.47 Å². The Hall–Kier alpha value is -0.870. The Bertz CT molecular complexity index is 345. The monoisotopic (exact) mass is 269 g/mol. The van der Waals surface area contributed by atoms with Gasteiger partial charge in [0.15, 0.2) is 0 Å². The number of ether oxygens (including phenoxy) is 2. The molecule has 102 valence electrons. The van der Waals surface area contributed by atoms with Gasteiger partial charge in [-0.2, -0.15) is 11.8 Å². The van der Waals surface area contributed by atoms with E-state index < -0.39 is 0 Å². The number of methoxy groups -OCH3 is 1. The maximum absolute atomic E-state index is 5.81. The van der Waals surface area contributed by atoms with Crippen LogP contribution in [0.15, 0.2) is 18.2 Å². The summed E-state index contributed by atoms with van der Waals surface area (Å²) in [5.41, 5.74) is 1.19. The quantitative estimate of drug-likeness (QED) is 0.698. The molecule has 1 N–H and O–H groups in total. The molecule has 0 unspecified atom stereocenters. The number of thioether (sulfide) groups is 1. The largest absolute Gasteiger partial charge is 0.497 e. The second-order valence-electron chi connectivity index (χ2n) is 3.99. The Balaban J connectivity index is 2.66. The van der Waals surface area contributed by atoms with E-state index in [1.165, 1.54) is 5.56 Å². The average molecular weight is 269 g/mol. The Morgan fingerprint density at radius 1 is 1.33 bits per heavy atom. The van der Waals surface area contributed by atoms with Crippen molar-refractivity contribution in [1.29, 1.82) is 0 Å². The van der Waals surface area contributed by atoms with E-state index in [0.29, 0.717) is 0 Å². The lowest BCUT2D eigenvalue weighted by Gasteiger charge is -2.13. The SMILES string of the molecule is CCCNCc1ccc(OC)cc1OCCSC. The van der Waals surface area contributed by atoms with Gasteiger partial charge in [0.2, 0.25) is 0 Å². The zero-order valence-electron chi connectivity index (χ0n) is 11.5. The van der Waals surface area contributed by atoms with E-state index in [0.717, 1.165) is 43.4 Å². The first kappa shape index (κ1) is 15.2. The zero-order valence-corrected chi connectivity index (χ0v) is 12.3. The third kappa shape index (κ3) is 5.19. The van der Waals surface area contributed by atoms with E-state index in [9.17, 15) is 0 Å². The normalized spacial score (nSPS) is 10.4. The van der Waals surface area contributed by atoms with E-state index in [1.54, 1.807) is 18.9 Å². The first-order valence-corrected chi connectivity index (χ1v) is 7.70. The van der Waals surface area contributed by atoms with Crippen LogP contribution < -0.4 is 14.8 Å². The van der Waals surface area contributed by atoms with Crippen LogP contribution in [0.4, 0.5) is 0 Å². The summed E-state index contributed by atoms with van der Waals surface area (Å²) in [6.45, 7) is 4.76. The molecule has 18 heavy (non-hydrogen) atoms. The van der Waals surface area contributed by atoms with Gasteiger partial charge in [-0.05, 0) is 25.3 Å². The highest BCUT2D eigenvalue weighted by Crippen LogP contribution is 2.25. The van der Waals surface area contributed by atoms with Crippen molar-refractivity contribution in [3.05, 3.63) is 23.8 Å². The zero-order chi connectivity index (χ0) is 13.2. The molecule has 0 fully saturated rings. The summed E-state index contributed by atoms with van der Waals surface area (Å²) in [5, 5.41) is 3.39. The lowest BCUT2D eigenvalue weighted by molar-refractivity contribution is 0.335. The van der Waals surface area contributed by atoms with Crippen LogP contribution in [-0.2, 0) is 6.54 Å². The standard InChI is InChI=1S/C14H23NO2S/c1-4-7-15-11-12-5-6-13(16-2)10-14(12)17-8-9-18-3/h5-6,10,15H,4,7-9,11H2,1-3H3. The van der Waals surface area contributed by atoms with E-state index in [2.05, 4.69) is 24.6 Å². The maximum Gasteiger partial charge on any atom is 0.127 e. The highest BCUT2D eigenvalue weighted by molar-refractivity contribution is 7.98. The first-order chi connectivity index (χ1) is 8.81. The number of hydrogen-bond donors (Lipinski definition) is 1. The predicted molar refractivity (Wildman–Crippen MR) is 78.9 cm³/mol. The van der Waals surface area contributed by atoms with Crippen molar-refractivity contribution in [3.8, 4) is 11.5 Å². The Labute approximate surface area is 114 Å². The van der Waals surface area contributed by atoms with Gasteiger partial charge in [-0.3, -0.25) is 0 Å². The van der Waals surface area contributed by atoms with E-state index in [-0.39, 0.29) is 0 Å². The van der Waals surface area contributed by atoms with Crippen LogP contribution in [0, 0.1) is 0 Å². The number of hydrogen-bond acceptors (Lipinski definition) is 4. The molecule has 3 nitrogen and oxygen atoms in total. The minimum Gasteiger partial charge on any atom is -0.497 e. The molecule has 0 bridgehead atoms. The smallest absolute Gasteiger partial charge is 0.127 e. The van der Waals surface area contributed by atoms with Gasteiger partial charge in [0, 0.05) is 23.9 Å². The van der Waals surface area contributed by atoms with Gasteiger partial charge in [-0.25, -0.2) is 0 Å². The van der Waals surface area contributed by atoms with Crippen LogP contribution in [0.1, 0.15) is 18.9 Å². The summed E-state index contributed by atoms with van der Waals surface area (Å²) in [6, 6.07) is 6.00. The fraction of sp³-hybridized carbons (Fsp3) is 0.571. The van der Waals surface area contributed by atoms with Crippen molar-refractivity contribution >= 4 is 11.8 Å². The summed E-state index contributed by atoms with van der Waals surface area (Å²) in [6.07, 6.45) is 3.22. The molecule has 0 atom stereocenters. The van der Waals surface area contributed by atoms with Crippen LogP contribution in [0.2, 0.25) is 0 Å². The molecule has 1 rings (SSSR count). The van der Waals surface area contributed by atoms with Crippen molar-refractivity contribution in [2.24, 2.45) is 0 Å². The molecule has 0 saturated carbocycles. The van der Waals surface area contributed by atoms with Crippen molar-refractivity contribution < 1.29 is 9.47 Å². The number of nitrogens with one attached hydrogen (secondary N) is 1. The lowest BCUT2D eigenvalue weighted by Crippen LogP contribution is -2.15. The molecule has 4 heteroatoms. The van der Waals surface area contributed by atoms with Gasteiger partial charge in [0.1, 0.15) is 11.5 Å². The highest BCUT2D eigenvalue weighted by atomic mass is 32.2. The second kappa shape index (κ2) is 9.11. The molecule has 0 amide bonds. The van der Waals surface area contributed by atoms with Crippen LogP contribution in [-0.4, -0.2) is 32.3 Å². The molecule has 0 aliphatic rings. The molecule has 1 aromatic carbocycles. The third-order valence-electron chi connectivity index (χ3n) is 2.56. The summed E-state index contributed by atoms with van der Waals surface area (Å²) < 4.78 is 11.0. The average Bonchev–Trinajstić information content (AvgIpc) is 2.40. The van der Waals surface area contributed by atoms with Gasteiger partial charge in [0.25, 0.3) is 0 Å². The van der Waals surface area contributed by atoms with E-state index in [1.807, 2.05) is 12.1 Å². The van der Waals surface area contributed by atoms with Gasteiger partial charge in [-0.1, -0.05) is 13.0 Å². The van der Waals surface area contributed by atoms with Crippen molar-refractivity contribution in [2.75, 3.05) is 32.3 Å². The fourth-order valence-corrected chi connectivity index (χ4v) is 1.83. The maximum atomic E-state index is 5.81. The van der Waals surface area contributed by atoms with Gasteiger partial charge in [-0.15, -0.1) is 0 Å². The Kier molecular flexibility index (Phi) is 7.69. The van der Waals surface area contributed by atoms with Crippen LogP contribution >= 0.6 is 11.8 Å². The number of benzene rings is 1. The molecule has 0 spiro atoms. The molecule has 0 aliphatic carbocycles. The van der Waals surface area contributed by atoms with E-state index >= 15 is 0 Å². The van der Waals surface area contributed by atoms with Crippen molar-refractivity contribution in [3.63, 3.8) is 0 Å². The van der Waals surface area contributed by atoms with Crippen molar-refractivity contribution in [1.82, 2.24) is 5.32 Å². The Morgan fingerprint density at radius 2 is 2.17 bits per heavy atom. The van der Waals surface area contributed by atoms with Gasteiger partial charge in [0.05, 0.1) is 13.7 Å². The number of rotatable bonds is 9. The highest BCUT2D eigenvalue weighted by Gasteiger charge is 2.05. The summed E-state index contributed by atoms with van der Waals surface area (Å²) >= 11 is 1.79. The molecular formula is C14H23NO2S. The second-order valence-corrected chi connectivity index (χ2v) is 4.98. The third-order valence-corrected chi connectivity index (χ3v) is 3.14. The Morgan fingerprint density at radius 3 is 2.83 bits per heavy atom. The molecule has 0 heterocycles. The lowest BCUT2D eigenvalue weighted by atomic mass is 10.2. The molecular weight excluding hydrogens is 246 g/mol. The fourth-order valence-electron chi connectivity index (χ4n) is 1.58. The minimum absolute atomic E-state index is 0.731. The van der Waals surface area contributed by atoms with Crippen molar-refractivity contribution in [2.45, 2.75) is 19.9 Å². The molecule has 0 aromatic heterocycles. The topological polar surface area (TPSA) is 30.5 Å². The first-order valence-electron chi connectivity index (χ1n) is 6.31. The summed E-state index contributed by atoms with van der Waals surface area (Å²) in [5.74, 6) is 2.76. The molecule has 0 aliphatic heterocycles. The summed E-state index contributed by atoms with van der Waals surface area (Å²) in [7, 11) is 1.68. The van der Waals surface area contributed by atoms with Crippen LogP contribution in [0.25, 0.3) is 0 Å². The molecule has 0 radical (unpaired) electrons. The predicted octanol–water partition coefficient (Wildman–Crippen LogP) is 2.94. The van der Waals surface area contributed by atoms with Gasteiger partial charge >= 0.3 is 0 Å². The summed E-state index contributed by atoms with van der Waals surface area (Å²) in [4.78, 5) is 0. The van der Waals surface area contributed by atoms with Crippen LogP contribution in [0.5, 0.6) is 11.5 Å². The molecule has 1 aromatic rings.